The molecule has 0 aliphatic heterocycles. The van der Waals surface area contributed by atoms with Crippen LogP contribution in [0.3, 0.4) is 0 Å². The molecule has 2 aromatic heterocycles. The minimum absolute atomic E-state index is 0.474. The maximum absolute atomic E-state index is 5.33. The Bertz CT molecular complexity index is 450. The van der Waals surface area contributed by atoms with Crippen molar-refractivity contribution in [3.05, 3.63) is 40.2 Å². The monoisotopic (exact) mass is 264 g/mol. The predicted octanol–water partition coefficient (Wildman–Crippen LogP) is 3.41. The van der Waals surface area contributed by atoms with Crippen LogP contribution in [-0.2, 0) is 19.4 Å². The third-order valence-corrected chi connectivity index (χ3v) is 3.98. The maximum atomic E-state index is 5.33. The molecule has 2 aromatic rings. The highest BCUT2D eigenvalue weighted by molar-refractivity contribution is 7.09. The SMILES string of the molecule is CCc1nc(CNC(C)CCc2ccco2)cs1. The van der Waals surface area contributed by atoms with Gasteiger partial charge in [-0.25, -0.2) is 4.98 Å². The van der Waals surface area contributed by atoms with Gasteiger partial charge in [-0.2, -0.15) is 0 Å². The fourth-order valence-electron chi connectivity index (χ4n) is 1.79. The van der Waals surface area contributed by atoms with E-state index in [4.69, 9.17) is 4.42 Å². The largest absolute Gasteiger partial charge is 0.469 e. The van der Waals surface area contributed by atoms with E-state index in [0.29, 0.717) is 6.04 Å². The van der Waals surface area contributed by atoms with Gasteiger partial charge in [-0.3, -0.25) is 0 Å². The quantitative estimate of drug-likeness (QED) is 0.833. The van der Waals surface area contributed by atoms with Gasteiger partial charge < -0.3 is 9.73 Å². The number of hydrogen-bond donors (Lipinski definition) is 1. The molecule has 0 aliphatic rings. The van der Waals surface area contributed by atoms with Gasteiger partial charge in [-0.1, -0.05) is 6.92 Å². The van der Waals surface area contributed by atoms with Crippen LogP contribution in [0.15, 0.2) is 28.2 Å². The number of thiazole rings is 1. The summed E-state index contributed by atoms with van der Waals surface area (Å²) in [5.41, 5.74) is 1.15. The minimum atomic E-state index is 0.474. The van der Waals surface area contributed by atoms with E-state index < -0.39 is 0 Å². The van der Waals surface area contributed by atoms with Gasteiger partial charge in [0.05, 0.1) is 17.0 Å². The molecule has 0 radical (unpaired) electrons. The summed E-state index contributed by atoms with van der Waals surface area (Å²) in [6.07, 6.45) is 4.82. The highest BCUT2D eigenvalue weighted by Gasteiger charge is 2.05. The highest BCUT2D eigenvalue weighted by Crippen LogP contribution is 2.11. The number of aromatic nitrogens is 1. The van der Waals surface area contributed by atoms with Crippen LogP contribution in [0.5, 0.6) is 0 Å². The molecule has 2 rings (SSSR count). The van der Waals surface area contributed by atoms with Gasteiger partial charge in [0.1, 0.15) is 5.76 Å². The molecular weight excluding hydrogens is 244 g/mol. The Morgan fingerprint density at radius 3 is 3.06 bits per heavy atom. The average molecular weight is 264 g/mol. The lowest BCUT2D eigenvalue weighted by molar-refractivity contribution is 0.458. The van der Waals surface area contributed by atoms with Crippen LogP contribution in [0.1, 0.15) is 36.7 Å². The number of hydrogen-bond acceptors (Lipinski definition) is 4. The summed E-state index contributed by atoms with van der Waals surface area (Å²) in [5.74, 6) is 1.06. The summed E-state index contributed by atoms with van der Waals surface area (Å²) in [6, 6.07) is 4.44. The van der Waals surface area contributed by atoms with Crippen LogP contribution in [0.2, 0.25) is 0 Å². The molecule has 0 aliphatic carbocycles. The topological polar surface area (TPSA) is 38.1 Å². The fourth-order valence-corrected chi connectivity index (χ4v) is 2.53. The van der Waals surface area contributed by atoms with E-state index in [1.807, 2.05) is 12.1 Å². The van der Waals surface area contributed by atoms with E-state index in [1.165, 1.54) is 5.01 Å². The van der Waals surface area contributed by atoms with Crippen molar-refractivity contribution in [1.29, 1.82) is 0 Å². The molecule has 0 fully saturated rings. The molecule has 0 aromatic carbocycles. The van der Waals surface area contributed by atoms with Gasteiger partial charge in [-0.05, 0) is 31.9 Å². The summed E-state index contributed by atoms with van der Waals surface area (Å²) < 4.78 is 5.33. The molecule has 98 valence electrons. The van der Waals surface area contributed by atoms with Crippen molar-refractivity contribution in [3.63, 3.8) is 0 Å². The second-order valence-corrected chi connectivity index (χ2v) is 5.43. The number of furan rings is 1. The van der Waals surface area contributed by atoms with E-state index in [1.54, 1.807) is 17.6 Å². The molecule has 0 saturated heterocycles. The van der Waals surface area contributed by atoms with Crippen molar-refractivity contribution in [1.82, 2.24) is 10.3 Å². The molecule has 3 nitrogen and oxygen atoms in total. The molecule has 0 bridgehead atoms. The normalized spacial score (nSPS) is 12.8. The first kappa shape index (κ1) is 13.3. The van der Waals surface area contributed by atoms with Crippen LogP contribution in [0.4, 0.5) is 0 Å². The van der Waals surface area contributed by atoms with Gasteiger partial charge in [0.15, 0.2) is 0 Å². The van der Waals surface area contributed by atoms with Gasteiger partial charge in [0, 0.05) is 24.4 Å². The minimum Gasteiger partial charge on any atom is -0.469 e. The molecule has 0 spiro atoms. The van der Waals surface area contributed by atoms with E-state index in [0.717, 1.165) is 37.3 Å². The van der Waals surface area contributed by atoms with Crippen molar-refractivity contribution in [3.8, 4) is 0 Å². The summed E-state index contributed by atoms with van der Waals surface area (Å²) in [7, 11) is 0. The van der Waals surface area contributed by atoms with Crippen LogP contribution < -0.4 is 5.32 Å². The maximum Gasteiger partial charge on any atom is 0.103 e. The molecular formula is C14H20N2OS. The lowest BCUT2D eigenvalue weighted by Crippen LogP contribution is -2.26. The predicted molar refractivity (Wildman–Crippen MR) is 74.8 cm³/mol. The van der Waals surface area contributed by atoms with Crippen LogP contribution in [0, 0.1) is 0 Å². The Kier molecular flexibility index (Phi) is 4.96. The molecule has 0 saturated carbocycles. The van der Waals surface area contributed by atoms with Crippen molar-refractivity contribution in [2.75, 3.05) is 0 Å². The van der Waals surface area contributed by atoms with Crippen LogP contribution in [0.25, 0.3) is 0 Å². The Balaban J connectivity index is 1.69. The van der Waals surface area contributed by atoms with Crippen molar-refractivity contribution in [2.45, 2.75) is 45.7 Å². The first-order valence-corrected chi connectivity index (χ1v) is 7.35. The van der Waals surface area contributed by atoms with Gasteiger partial charge in [0.2, 0.25) is 0 Å². The molecule has 1 unspecified atom stereocenters. The van der Waals surface area contributed by atoms with Crippen LogP contribution in [-0.4, -0.2) is 11.0 Å². The first-order chi connectivity index (χ1) is 8.78. The highest BCUT2D eigenvalue weighted by atomic mass is 32.1. The molecule has 2 heterocycles. The number of rotatable bonds is 7. The molecule has 0 amide bonds. The Morgan fingerprint density at radius 1 is 1.50 bits per heavy atom. The molecule has 4 heteroatoms. The van der Waals surface area contributed by atoms with Crippen molar-refractivity contribution < 1.29 is 4.42 Å². The number of nitrogens with zero attached hydrogens (tertiary/aromatic N) is 1. The van der Waals surface area contributed by atoms with Gasteiger partial charge >= 0.3 is 0 Å². The number of aryl methyl sites for hydroxylation is 2. The lowest BCUT2D eigenvalue weighted by atomic mass is 10.1. The third-order valence-electron chi connectivity index (χ3n) is 2.94. The van der Waals surface area contributed by atoms with E-state index in [2.05, 4.69) is 29.5 Å². The molecule has 1 N–H and O–H groups in total. The van der Waals surface area contributed by atoms with E-state index >= 15 is 0 Å². The third kappa shape index (κ3) is 3.96. The average Bonchev–Trinajstić information content (AvgIpc) is 3.04. The lowest BCUT2D eigenvalue weighted by Gasteiger charge is -2.11. The smallest absolute Gasteiger partial charge is 0.103 e. The van der Waals surface area contributed by atoms with E-state index in [9.17, 15) is 0 Å². The Morgan fingerprint density at radius 2 is 2.39 bits per heavy atom. The standard InChI is InChI=1S/C14H20N2OS/c1-3-14-16-12(10-18-14)9-15-11(2)6-7-13-5-4-8-17-13/h4-5,8,10-11,15H,3,6-7,9H2,1-2H3. The zero-order chi connectivity index (χ0) is 12.8. The molecule has 18 heavy (non-hydrogen) atoms. The second-order valence-electron chi connectivity index (χ2n) is 4.49. The second kappa shape index (κ2) is 6.71. The zero-order valence-corrected chi connectivity index (χ0v) is 11.8. The van der Waals surface area contributed by atoms with Crippen LogP contribution >= 0.6 is 11.3 Å². The summed E-state index contributed by atoms with van der Waals surface area (Å²) in [4.78, 5) is 4.55. The van der Waals surface area contributed by atoms with Gasteiger partial charge in [0.25, 0.3) is 0 Å². The first-order valence-electron chi connectivity index (χ1n) is 6.47. The zero-order valence-electron chi connectivity index (χ0n) is 11.0. The van der Waals surface area contributed by atoms with E-state index in [-0.39, 0.29) is 0 Å². The van der Waals surface area contributed by atoms with Crippen molar-refractivity contribution in [2.24, 2.45) is 0 Å². The Labute approximate surface area is 112 Å². The van der Waals surface area contributed by atoms with Crippen molar-refractivity contribution >= 4 is 11.3 Å². The van der Waals surface area contributed by atoms with Gasteiger partial charge in [-0.15, -0.1) is 11.3 Å². The summed E-state index contributed by atoms with van der Waals surface area (Å²) >= 11 is 1.75. The number of nitrogens with one attached hydrogen (secondary N) is 1. The fraction of sp³-hybridized carbons (Fsp3) is 0.500. The molecule has 1 atom stereocenters. The summed E-state index contributed by atoms with van der Waals surface area (Å²) in [5, 5.41) is 6.86. The summed E-state index contributed by atoms with van der Waals surface area (Å²) in [6.45, 7) is 5.20. The Hall–Kier alpha value is -1.13.